The van der Waals surface area contributed by atoms with E-state index in [0.29, 0.717) is 11.2 Å². The van der Waals surface area contributed by atoms with Gasteiger partial charge in [-0.15, -0.1) is 4.73 Å². The van der Waals surface area contributed by atoms with E-state index in [4.69, 9.17) is 28.9 Å². The molecule has 332 valence electrons. The van der Waals surface area contributed by atoms with Crippen molar-refractivity contribution in [2.45, 2.75) is 122 Å². The fraction of sp³-hybridized carbons (Fsp3) is 0.744. The summed E-state index contributed by atoms with van der Waals surface area (Å²) in [6.07, 6.45) is 15.4. The Kier molecular flexibility index (Phi) is 30.7. The zero-order chi connectivity index (χ0) is 42.6. The Morgan fingerprint density at radius 1 is 0.534 bits per heavy atom. The fourth-order valence-corrected chi connectivity index (χ4v) is 5.53. The third-order valence-corrected chi connectivity index (χ3v) is 8.66. The van der Waals surface area contributed by atoms with Crippen molar-refractivity contribution in [3.8, 4) is 11.8 Å². The average molecular weight is 831 g/mol. The van der Waals surface area contributed by atoms with Crippen LogP contribution in [0.2, 0.25) is 0 Å². The molecule has 1 atom stereocenters. The predicted molar refractivity (Wildman–Crippen MR) is 209 cm³/mol. The van der Waals surface area contributed by atoms with E-state index in [9.17, 15) is 44.1 Å². The number of aromatic nitrogens is 1. The number of aliphatic carboxylic acids is 2. The molecule has 0 bridgehead atoms. The van der Waals surface area contributed by atoms with Gasteiger partial charge in [-0.1, -0.05) is 77.0 Å². The van der Waals surface area contributed by atoms with Gasteiger partial charge in [0.25, 0.3) is 0 Å². The van der Waals surface area contributed by atoms with Gasteiger partial charge < -0.3 is 60.2 Å². The highest BCUT2D eigenvalue weighted by Gasteiger charge is 2.21. The van der Waals surface area contributed by atoms with Gasteiger partial charge in [-0.3, -0.25) is 19.2 Å². The molecule has 58 heavy (non-hydrogen) atoms. The third-order valence-electron chi connectivity index (χ3n) is 8.66. The van der Waals surface area contributed by atoms with Crippen molar-refractivity contribution in [3.63, 3.8) is 0 Å². The SMILES string of the molecule is O=C(O)CCCCCCCCCCCCCCCCC(=O)NC(CCC(=O)NCCOCCOCC(=O)NCCOCCOCC(=O)On1c(O)ccc1O)C(=O)O. The maximum absolute atomic E-state index is 12.3. The summed E-state index contributed by atoms with van der Waals surface area (Å²) in [7, 11) is 0. The van der Waals surface area contributed by atoms with Crippen LogP contribution in [0, 0.1) is 0 Å². The average Bonchev–Trinajstić information content (AvgIpc) is 3.50. The van der Waals surface area contributed by atoms with Crippen molar-refractivity contribution >= 4 is 35.6 Å². The second kappa shape index (κ2) is 34.6. The third kappa shape index (κ3) is 29.7. The minimum atomic E-state index is -1.19. The first-order valence-corrected chi connectivity index (χ1v) is 20.4. The molecule has 1 unspecified atom stereocenters. The summed E-state index contributed by atoms with van der Waals surface area (Å²) >= 11 is 0. The Balaban J connectivity index is 1.92. The minimum Gasteiger partial charge on any atom is -0.492 e. The number of hydrogen-bond donors (Lipinski definition) is 7. The summed E-state index contributed by atoms with van der Waals surface area (Å²) in [5.41, 5.74) is 0. The minimum absolute atomic E-state index is 0.0364. The molecule has 0 spiro atoms. The first-order valence-electron chi connectivity index (χ1n) is 20.4. The van der Waals surface area contributed by atoms with E-state index in [1.54, 1.807) is 0 Å². The van der Waals surface area contributed by atoms with E-state index < -0.39 is 42.3 Å². The Bertz CT molecular complexity index is 1290. The topological polar surface area (TPSA) is 271 Å². The highest BCUT2D eigenvalue weighted by Crippen LogP contribution is 2.18. The van der Waals surface area contributed by atoms with Crippen molar-refractivity contribution in [1.82, 2.24) is 20.7 Å². The summed E-state index contributed by atoms with van der Waals surface area (Å²) < 4.78 is 21.5. The number of carbonyl (C=O) groups excluding carboxylic acids is 4. The van der Waals surface area contributed by atoms with E-state index in [0.717, 1.165) is 57.1 Å². The second-order valence-electron chi connectivity index (χ2n) is 13.7. The molecule has 0 aromatic carbocycles. The van der Waals surface area contributed by atoms with Gasteiger partial charge >= 0.3 is 17.9 Å². The van der Waals surface area contributed by atoms with Crippen LogP contribution in [-0.4, -0.2) is 133 Å². The summed E-state index contributed by atoms with van der Waals surface area (Å²) in [5, 5.41) is 44.8. The molecule has 0 saturated heterocycles. The molecule has 0 saturated carbocycles. The Labute approximate surface area is 340 Å². The number of unbranched alkanes of at least 4 members (excludes halogenated alkanes) is 13. The molecule has 19 heteroatoms. The van der Waals surface area contributed by atoms with Crippen LogP contribution in [0.3, 0.4) is 0 Å². The smallest absolute Gasteiger partial charge is 0.358 e. The lowest BCUT2D eigenvalue weighted by molar-refractivity contribution is -0.151. The molecule has 7 N–H and O–H groups in total. The molecule has 1 heterocycles. The number of amides is 3. The number of carboxylic acids is 2. The van der Waals surface area contributed by atoms with Crippen LogP contribution in [0.5, 0.6) is 11.8 Å². The van der Waals surface area contributed by atoms with Crippen LogP contribution in [0.1, 0.15) is 116 Å². The van der Waals surface area contributed by atoms with Gasteiger partial charge in [0.05, 0.1) is 39.6 Å². The fourth-order valence-electron chi connectivity index (χ4n) is 5.53. The number of nitrogens with one attached hydrogen (secondary N) is 3. The van der Waals surface area contributed by atoms with Crippen LogP contribution in [-0.2, 0) is 47.7 Å². The van der Waals surface area contributed by atoms with Crippen LogP contribution in [0.4, 0.5) is 0 Å². The van der Waals surface area contributed by atoms with E-state index in [-0.39, 0.29) is 103 Å². The van der Waals surface area contributed by atoms with Gasteiger partial charge in [0.15, 0.2) is 0 Å². The van der Waals surface area contributed by atoms with Crippen molar-refractivity contribution in [1.29, 1.82) is 0 Å². The van der Waals surface area contributed by atoms with Gasteiger partial charge in [0, 0.05) is 44.5 Å². The molecule has 3 amide bonds. The summed E-state index contributed by atoms with van der Waals surface area (Å²) in [6.45, 7) is 0.703. The van der Waals surface area contributed by atoms with Gasteiger partial charge in [0.2, 0.25) is 29.5 Å². The van der Waals surface area contributed by atoms with Gasteiger partial charge in [-0.25, -0.2) is 9.59 Å². The molecule has 0 aliphatic carbocycles. The Hall–Kier alpha value is -4.46. The number of hydrogen-bond acceptors (Lipinski definition) is 13. The maximum Gasteiger partial charge on any atom is 0.358 e. The molecule has 0 aliphatic heterocycles. The lowest BCUT2D eigenvalue weighted by Gasteiger charge is -2.14. The molecule has 1 aromatic heterocycles. The zero-order valence-corrected chi connectivity index (χ0v) is 33.8. The monoisotopic (exact) mass is 830 g/mol. The predicted octanol–water partition coefficient (Wildman–Crippen LogP) is 2.83. The second-order valence-corrected chi connectivity index (χ2v) is 13.7. The maximum atomic E-state index is 12.3. The lowest BCUT2D eigenvalue weighted by Crippen LogP contribution is -2.41. The molecule has 1 aromatic rings. The first-order chi connectivity index (χ1) is 28.0. The summed E-state index contributed by atoms with van der Waals surface area (Å²) in [4.78, 5) is 74.8. The molecular formula is C39H66N4O15. The normalized spacial score (nSPS) is 11.5. The van der Waals surface area contributed by atoms with Crippen LogP contribution >= 0.6 is 0 Å². The van der Waals surface area contributed by atoms with Gasteiger partial charge in [-0.05, 0) is 19.3 Å². The van der Waals surface area contributed by atoms with E-state index in [2.05, 4.69) is 16.0 Å². The van der Waals surface area contributed by atoms with E-state index in [1.165, 1.54) is 38.5 Å². The zero-order valence-electron chi connectivity index (χ0n) is 33.8. The standard InChI is InChI=1S/C39H66N4O15/c44-32(18-17-31(39(52)53)42-33(45)15-13-11-9-7-5-3-1-2-4-6-8-10-12-14-16-37(49)50)40-21-23-54-25-27-56-29-34(46)41-22-24-55-26-28-57-30-38(51)58-43-35(47)19-20-36(43)48/h19-20,31,47-48H,1-18,21-30H2,(H,40,44)(H,41,46)(H,42,45)(H,49,50)(H,52,53). The molecule has 19 nitrogen and oxygen atoms in total. The number of carbonyl (C=O) groups is 6. The Morgan fingerprint density at radius 2 is 0.983 bits per heavy atom. The van der Waals surface area contributed by atoms with Crippen LogP contribution in [0.15, 0.2) is 12.1 Å². The number of aromatic hydroxyl groups is 2. The Morgan fingerprint density at radius 3 is 1.48 bits per heavy atom. The summed E-state index contributed by atoms with van der Waals surface area (Å²) in [6, 6.07) is 1.15. The first kappa shape index (κ1) is 51.6. The largest absolute Gasteiger partial charge is 0.492 e. The highest BCUT2D eigenvalue weighted by atomic mass is 16.7. The highest BCUT2D eigenvalue weighted by molar-refractivity contribution is 5.84. The molecular weight excluding hydrogens is 764 g/mol. The van der Waals surface area contributed by atoms with Gasteiger partial charge in [-0.2, -0.15) is 0 Å². The molecule has 0 fully saturated rings. The van der Waals surface area contributed by atoms with Crippen molar-refractivity contribution in [2.24, 2.45) is 0 Å². The van der Waals surface area contributed by atoms with Crippen LogP contribution < -0.4 is 20.8 Å². The number of ether oxygens (including phenoxy) is 4. The van der Waals surface area contributed by atoms with Gasteiger partial charge in [0.1, 0.15) is 19.3 Å². The number of carboxylic acid groups (broad SMARTS) is 2. The van der Waals surface area contributed by atoms with Crippen molar-refractivity contribution in [2.75, 3.05) is 65.9 Å². The number of rotatable bonds is 39. The molecule has 0 aliphatic rings. The molecule has 1 rings (SSSR count). The quantitative estimate of drug-likeness (QED) is 0.0470. The van der Waals surface area contributed by atoms with Crippen LogP contribution in [0.25, 0.3) is 0 Å². The van der Waals surface area contributed by atoms with Crippen molar-refractivity contribution < 1.29 is 73.0 Å². The van der Waals surface area contributed by atoms with E-state index in [1.807, 2.05) is 0 Å². The van der Waals surface area contributed by atoms with E-state index >= 15 is 0 Å². The number of nitrogens with zero attached hydrogens (tertiary/aromatic N) is 1. The summed E-state index contributed by atoms with van der Waals surface area (Å²) in [5.74, 6) is -4.70. The molecule has 0 radical (unpaired) electrons. The lowest BCUT2D eigenvalue weighted by atomic mass is 10.0. The van der Waals surface area contributed by atoms with Crippen molar-refractivity contribution in [3.05, 3.63) is 12.1 Å².